The molecule has 1 heterocycles. The van der Waals surface area contributed by atoms with E-state index in [4.69, 9.17) is 9.47 Å². The third-order valence-electron chi connectivity index (χ3n) is 3.64. The first-order chi connectivity index (χ1) is 12.0. The summed E-state index contributed by atoms with van der Waals surface area (Å²) in [6, 6.07) is 6.03. The van der Waals surface area contributed by atoms with Gasteiger partial charge in [0.1, 0.15) is 11.8 Å². The molecule has 0 fully saturated rings. The highest BCUT2D eigenvalue weighted by Gasteiger charge is 2.24. The lowest BCUT2D eigenvalue weighted by Gasteiger charge is -2.13. The molecule has 1 aromatic heterocycles. The summed E-state index contributed by atoms with van der Waals surface area (Å²) < 4.78 is 11.5. The van der Waals surface area contributed by atoms with E-state index in [0.717, 1.165) is 0 Å². The normalized spacial score (nSPS) is 11.8. The lowest BCUT2D eigenvalue weighted by Crippen LogP contribution is -2.41. The van der Waals surface area contributed by atoms with Gasteiger partial charge in [-0.2, -0.15) is 0 Å². The third-order valence-corrected chi connectivity index (χ3v) is 3.64. The van der Waals surface area contributed by atoms with Crippen LogP contribution >= 0.6 is 0 Å². The molecular weight excluding hydrogens is 328 g/mol. The molecule has 25 heavy (non-hydrogen) atoms. The van der Waals surface area contributed by atoms with Gasteiger partial charge < -0.3 is 19.9 Å². The van der Waals surface area contributed by atoms with Crippen LogP contribution < -0.4 is 10.1 Å². The lowest BCUT2D eigenvalue weighted by molar-refractivity contribution is -0.139. The average molecular weight is 348 g/mol. The molecule has 1 unspecified atom stereocenters. The summed E-state index contributed by atoms with van der Waals surface area (Å²) in [5, 5.41) is 19.5. The summed E-state index contributed by atoms with van der Waals surface area (Å²) >= 11 is 0. The van der Waals surface area contributed by atoms with Crippen LogP contribution in [0.25, 0.3) is 5.69 Å². The Morgan fingerprint density at radius 3 is 2.52 bits per heavy atom. The van der Waals surface area contributed by atoms with Gasteiger partial charge in [0.25, 0.3) is 5.91 Å². The quantitative estimate of drug-likeness (QED) is 0.725. The highest BCUT2D eigenvalue weighted by molar-refractivity contribution is 5.95. The number of ether oxygens (including phenoxy) is 2. The fraction of sp³-hybridized carbons (Fsp3) is 0.375. The van der Waals surface area contributed by atoms with Gasteiger partial charge in [-0.1, -0.05) is 5.21 Å². The molecule has 0 saturated heterocycles. The summed E-state index contributed by atoms with van der Waals surface area (Å²) in [5.41, 5.74) is 1.28. The molecule has 0 aliphatic rings. The third kappa shape index (κ3) is 4.32. The molecule has 1 amide bonds. The maximum Gasteiger partial charge on any atom is 0.326 e. The van der Waals surface area contributed by atoms with Crippen LogP contribution in [0.2, 0.25) is 0 Å². The Hall–Kier alpha value is -2.94. The van der Waals surface area contributed by atoms with E-state index in [1.165, 1.54) is 11.8 Å². The number of aromatic nitrogens is 3. The van der Waals surface area contributed by atoms with Crippen LogP contribution in [-0.2, 0) is 9.53 Å². The summed E-state index contributed by atoms with van der Waals surface area (Å²) in [6.45, 7) is 1.90. The molecule has 9 nitrogen and oxygen atoms in total. The predicted octanol–water partition coefficient (Wildman–Crippen LogP) is 0.804. The zero-order chi connectivity index (χ0) is 18.4. The van der Waals surface area contributed by atoms with E-state index in [9.17, 15) is 14.7 Å². The van der Waals surface area contributed by atoms with Crippen molar-refractivity contribution in [3.8, 4) is 11.4 Å². The maximum absolute atomic E-state index is 12.3. The van der Waals surface area contributed by atoms with Crippen molar-refractivity contribution in [3.05, 3.63) is 35.7 Å². The van der Waals surface area contributed by atoms with Gasteiger partial charge in [-0.3, -0.25) is 4.79 Å². The summed E-state index contributed by atoms with van der Waals surface area (Å²) in [5.74, 6) is -1.03. The molecule has 134 valence electrons. The highest BCUT2D eigenvalue weighted by Crippen LogP contribution is 2.16. The SMILES string of the molecule is COCCC(NC(=O)c1nnn(-c2ccc(OC)cc2)c1C)C(=O)O. The van der Waals surface area contributed by atoms with E-state index in [-0.39, 0.29) is 18.7 Å². The van der Waals surface area contributed by atoms with Gasteiger partial charge in [-0.05, 0) is 31.2 Å². The first-order valence-electron chi connectivity index (χ1n) is 7.57. The largest absolute Gasteiger partial charge is 0.497 e. The zero-order valence-corrected chi connectivity index (χ0v) is 14.2. The van der Waals surface area contributed by atoms with E-state index >= 15 is 0 Å². The number of nitrogens with one attached hydrogen (secondary N) is 1. The molecule has 0 aliphatic carbocycles. The number of nitrogens with zero attached hydrogens (tertiary/aromatic N) is 3. The van der Waals surface area contributed by atoms with Gasteiger partial charge in [0.05, 0.1) is 18.5 Å². The summed E-state index contributed by atoms with van der Waals surface area (Å²) in [4.78, 5) is 23.6. The number of rotatable bonds is 8. The Labute approximate surface area is 144 Å². The first kappa shape index (κ1) is 18.4. The average Bonchev–Trinajstić information content (AvgIpc) is 2.99. The van der Waals surface area contributed by atoms with E-state index < -0.39 is 17.9 Å². The molecule has 2 N–H and O–H groups in total. The van der Waals surface area contributed by atoms with Gasteiger partial charge in [0, 0.05) is 20.1 Å². The molecule has 2 aromatic rings. The van der Waals surface area contributed by atoms with Crippen molar-refractivity contribution in [1.29, 1.82) is 0 Å². The first-order valence-corrected chi connectivity index (χ1v) is 7.57. The fourth-order valence-electron chi connectivity index (χ4n) is 2.23. The topological polar surface area (TPSA) is 116 Å². The number of carbonyl (C=O) groups excluding carboxylic acids is 1. The molecule has 1 atom stereocenters. The second-order valence-corrected chi connectivity index (χ2v) is 5.28. The van der Waals surface area contributed by atoms with Crippen molar-refractivity contribution in [1.82, 2.24) is 20.3 Å². The minimum Gasteiger partial charge on any atom is -0.497 e. The number of carbonyl (C=O) groups is 2. The standard InChI is InChI=1S/C16H20N4O5/c1-10-14(15(21)17-13(16(22)23)8-9-24-2)18-19-20(10)11-4-6-12(25-3)7-5-11/h4-7,13H,8-9H2,1-3H3,(H,17,21)(H,22,23). The van der Waals surface area contributed by atoms with Gasteiger partial charge in [0.2, 0.25) is 0 Å². The Bertz CT molecular complexity index is 741. The Balaban J connectivity index is 2.18. The van der Waals surface area contributed by atoms with Crippen LogP contribution in [0.15, 0.2) is 24.3 Å². The summed E-state index contributed by atoms with van der Waals surface area (Å²) in [7, 11) is 3.03. The number of hydrogen-bond acceptors (Lipinski definition) is 6. The van der Waals surface area contributed by atoms with E-state index in [2.05, 4.69) is 15.6 Å². The number of methoxy groups -OCH3 is 2. The van der Waals surface area contributed by atoms with Crippen LogP contribution in [-0.4, -0.2) is 58.8 Å². The molecule has 0 aliphatic heterocycles. The number of carboxylic acid groups (broad SMARTS) is 1. The maximum atomic E-state index is 12.3. The van der Waals surface area contributed by atoms with Crippen molar-refractivity contribution in [2.75, 3.05) is 20.8 Å². The van der Waals surface area contributed by atoms with Gasteiger partial charge >= 0.3 is 5.97 Å². The molecule has 0 saturated carbocycles. The van der Waals surface area contributed by atoms with Gasteiger partial charge in [-0.15, -0.1) is 5.10 Å². The molecule has 0 spiro atoms. The van der Waals surface area contributed by atoms with Crippen molar-refractivity contribution in [2.45, 2.75) is 19.4 Å². The number of hydrogen-bond donors (Lipinski definition) is 2. The van der Waals surface area contributed by atoms with Gasteiger partial charge in [0.15, 0.2) is 5.69 Å². The molecule has 0 bridgehead atoms. The molecule has 9 heteroatoms. The minimum atomic E-state index is -1.13. The molecule has 2 rings (SSSR count). The van der Waals surface area contributed by atoms with Crippen molar-refractivity contribution in [2.24, 2.45) is 0 Å². The van der Waals surface area contributed by atoms with Crippen LogP contribution in [0.3, 0.4) is 0 Å². The van der Waals surface area contributed by atoms with Crippen molar-refractivity contribution in [3.63, 3.8) is 0 Å². The number of carboxylic acids is 1. The van der Waals surface area contributed by atoms with E-state index in [1.54, 1.807) is 38.3 Å². The van der Waals surface area contributed by atoms with Gasteiger partial charge in [-0.25, -0.2) is 9.48 Å². The number of aliphatic carboxylic acids is 1. The van der Waals surface area contributed by atoms with Crippen LogP contribution in [0.1, 0.15) is 22.6 Å². The molecular formula is C16H20N4O5. The minimum absolute atomic E-state index is 0.0690. The number of benzene rings is 1. The second-order valence-electron chi connectivity index (χ2n) is 5.28. The second kappa shape index (κ2) is 8.25. The molecule has 1 aromatic carbocycles. The zero-order valence-electron chi connectivity index (χ0n) is 14.2. The Morgan fingerprint density at radius 2 is 1.96 bits per heavy atom. The Kier molecular flexibility index (Phi) is 6.07. The summed E-state index contributed by atoms with van der Waals surface area (Å²) in [6.07, 6.45) is 0.156. The van der Waals surface area contributed by atoms with E-state index in [1.807, 2.05) is 0 Å². The predicted molar refractivity (Wildman–Crippen MR) is 88.0 cm³/mol. The Morgan fingerprint density at radius 1 is 1.28 bits per heavy atom. The lowest BCUT2D eigenvalue weighted by atomic mass is 10.2. The fourth-order valence-corrected chi connectivity index (χ4v) is 2.23. The van der Waals surface area contributed by atoms with Crippen molar-refractivity contribution >= 4 is 11.9 Å². The smallest absolute Gasteiger partial charge is 0.326 e. The van der Waals surface area contributed by atoms with Crippen LogP contribution in [0.5, 0.6) is 5.75 Å². The van der Waals surface area contributed by atoms with Crippen molar-refractivity contribution < 1.29 is 24.2 Å². The number of amides is 1. The van der Waals surface area contributed by atoms with E-state index in [0.29, 0.717) is 17.1 Å². The van der Waals surface area contributed by atoms with Crippen LogP contribution in [0.4, 0.5) is 0 Å². The monoisotopic (exact) mass is 348 g/mol. The molecule has 0 radical (unpaired) electrons. The highest BCUT2D eigenvalue weighted by atomic mass is 16.5. The van der Waals surface area contributed by atoms with Crippen LogP contribution in [0, 0.1) is 6.92 Å².